The zero-order valence-electron chi connectivity index (χ0n) is 10.4. The molecule has 1 aromatic carbocycles. The summed E-state index contributed by atoms with van der Waals surface area (Å²) in [5, 5.41) is 11.5. The van der Waals surface area contributed by atoms with Crippen LogP contribution in [-0.2, 0) is 6.54 Å². The number of aromatic nitrogens is 2. The van der Waals surface area contributed by atoms with Gasteiger partial charge in [0, 0.05) is 29.3 Å². The Kier molecular flexibility index (Phi) is 4.52. The van der Waals surface area contributed by atoms with Gasteiger partial charge in [-0.3, -0.25) is 4.79 Å². The van der Waals surface area contributed by atoms with Gasteiger partial charge in [0.2, 0.25) is 0 Å². The second kappa shape index (κ2) is 6.33. The van der Waals surface area contributed by atoms with Crippen molar-refractivity contribution in [2.45, 2.75) is 6.54 Å². The largest absolute Gasteiger partial charge is 0.476 e. The first kappa shape index (κ1) is 14.3. The molecule has 2 aromatic rings. The Labute approximate surface area is 123 Å². The van der Waals surface area contributed by atoms with Crippen LogP contribution >= 0.6 is 15.9 Å². The van der Waals surface area contributed by atoms with Crippen LogP contribution in [0.2, 0.25) is 0 Å². The Morgan fingerprint density at radius 1 is 1.30 bits per heavy atom. The molecule has 0 aliphatic carbocycles. The van der Waals surface area contributed by atoms with Crippen LogP contribution in [0, 0.1) is 0 Å². The monoisotopic (exact) mass is 337 g/mol. The summed E-state index contributed by atoms with van der Waals surface area (Å²) in [7, 11) is 0. The van der Waals surface area contributed by atoms with E-state index in [0.29, 0.717) is 18.7 Å². The fraction of sp³-hybridized carbons (Fsp3) is 0.154. The molecule has 0 radical (unpaired) electrons. The molecule has 2 N–H and O–H groups in total. The molecule has 7 heteroatoms. The minimum atomic E-state index is -1.07. The van der Waals surface area contributed by atoms with Gasteiger partial charge in [-0.1, -0.05) is 15.9 Å². The van der Waals surface area contributed by atoms with E-state index in [1.54, 1.807) is 28.8 Å². The second-order valence-electron chi connectivity index (χ2n) is 4.06. The molecule has 0 unspecified atom stereocenters. The summed E-state index contributed by atoms with van der Waals surface area (Å²) in [5.41, 5.74) is 0.564. The molecular weight excluding hydrogens is 326 g/mol. The number of nitrogens with one attached hydrogen (secondary N) is 1. The van der Waals surface area contributed by atoms with Crippen molar-refractivity contribution in [2.75, 3.05) is 6.54 Å². The topological polar surface area (TPSA) is 84.2 Å². The molecule has 0 spiro atoms. The van der Waals surface area contributed by atoms with E-state index < -0.39 is 5.97 Å². The summed E-state index contributed by atoms with van der Waals surface area (Å²) in [4.78, 5) is 26.2. The maximum atomic E-state index is 11.8. The minimum absolute atomic E-state index is 0.00997. The quantitative estimate of drug-likeness (QED) is 0.870. The van der Waals surface area contributed by atoms with Gasteiger partial charge in [-0.25, -0.2) is 9.78 Å². The Morgan fingerprint density at radius 3 is 2.60 bits per heavy atom. The van der Waals surface area contributed by atoms with Crippen LogP contribution in [0.1, 0.15) is 20.8 Å². The molecule has 1 heterocycles. The summed E-state index contributed by atoms with van der Waals surface area (Å²) < 4.78 is 2.53. The number of carbonyl (C=O) groups excluding carboxylic acids is 1. The van der Waals surface area contributed by atoms with Gasteiger partial charge in [0.25, 0.3) is 5.91 Å². The van der Waals surface area contributed by atoms with Crippen LogP contribution in [0.4, 0.5) is 0 Å². The molecule has 20 heavy (non-hydrogen) atoms. The maximum absolute atomic E-state index is 11.8. The van der Waals surface area contributed by atoms with Gasteiger partial charge in [0.15, 0.2) is 5.69 Å². The van der Waals surface area contributed by atoms with Crippen LogP contribution in [0.25, 0.3) is 0 Å². The van der Waals surface area contributed by atoms with Crippen LogP contribution in [0.3, 0.4) is 0 Å². The third-order valence-electron chi connectivity index (χ3n) is 2.61. The molecule has 1 aromatic heterocycles. The molecule has 0 saturated carbocycles. The van der Waals surface area contributed by atoms with Gasteiger partial charge in [0.05, 0.1) is 6.33 Å². The highest BCUT2D eigenvalue weighted by molar-refractivity contribution is 9.10. The predicted octanol–water partition coefficient (Wildman–Crippen LogP) is 1.77. The highest BCUT2D eigenvalue weighted by Crippen LogP contribution is 2.10. The smallest absolute Gasteiger partial charge is 0.356 e. The van der Waals surface area contributed by atoms with Crippen LogP contribution in [-0.4, -0.2) is 33.1 Å². The van der Waals surface area contributed by atoms with Crippen LogP contribution < -0.4 is 5.32 Å². The normalized spacial score (nSPS) is 10.2. The average molecular weight is 338 g/mol. The lowest BCUT2D eigenvalue weighted by atomic mass is 10.2. The van der Waals surface area contributed by atoms with Crippen molar-refractivity contribution < 1.29 is 14.7 Å². The highest BCUT2D eigenvalue weighted by Gasteiger charge is 2.07. The van der Waals surface area contributed by atoms with Crippen molar-refractivity contribution in [3.63, 3.8) is 0 Å². The fourth-order valence-corrected chi connectivity index (χ4v) is 1.86. The minimum Gasteiger partial charge on any atom is -0.476 e. The van der Waals surface area contributed by atoms with E-state index >= 15 is 0 Å². The average Bonchev–Trinajstić information content (AvgIpc) is 2.88. The van der Waals surface area contributed by atoms with Gasteiger partial charge in [-0.2, -0.15) is 0 Å². The predicted molar refractivity (Wildman–Crippen MR) is 75.7 cm³/mol. The molecule has 2 rings (SSSR count). The molecule has 0 atom stereocenters. The van der Waals surface area contributed by atoms with Gasteiger partial charge in [-0.15, -0.1) is 0 Å². The van der Waals surface area contributed by atoms with Crippen LogP contribution in [0.5, 0.6) is 0 Å². The van der Waals surface area contributed by atoms with Gasteiger partial charge in [0.1, 0.15) is 0 Å². The van der Waals surface area contributed by atoms with Crippen molar-refractivity contribution >= 4 is 27.8 Å². The maximum Gasteiger partial charge on any atom is 0.356 e. The Morgan fingerprint density at radius 2 is 2.00 bits per heavy atom. The fourth-order valence-electron chi connectivity index (χ4n) is 1.59. The molecule has 6 nitrogen and oxygen atoms in total. The number of imidazole rings is 1. The van der Waals surface area contributed by atoms with E-state index in [9.17, 15) is 9.59 Å². The zero-order valence-corrected chi connectivity index (χ0v) is 12.0. The Hall–Kier alpha value is -2.15. The molecule has 0 bridgehead atoms. The van der Waals surface area contributed by atoms with E-state index in [1.807, 2.05) is 0 Å². The van der Waals surface area contributed by atoms with Crippen molar-refractivity contribution in [1.82, 2.24) is 14.9 Å². The third kappa shape index (κ3) is 3.67. The van der Waals surface area contributed by atoms with E-state index in [-0.39, 0.29) is 11.6 Å². The zero-order chi connectivity index (χ0) is 14.5. The van der Waals surface area contributed by atoms with Gasteiger partial charge < -0.3 is 15.0 Å². The lowest BCUT2D eigenvalue weighted by Gasteiger charge is -2.05. The molecule has 1 amide bonds. The number of carboxylic acids is 1. The number of hydrogen-bond donors (Lipinski definition) is 2. The molecule has 104 valence electrons. The molecule has 0 fully saturated rings. The lowest BCUT2D eigenvalue weighted by Crippen LogP contribution is -2.26. The van der Waals surface area contributed by atoms with E-state index in [0.717, 1.165) is 4.47 Å². The van der Waals surface area contributed by atoms with Crippen LogP contribution in [0.15, 0.2) is 41.3 Å². The second-order valence-corrected chi connectivity index (χ2v) is 4.98. The first-order valence-electron chi connectivity index (χ1n) is 5.85. The first-order valence-corrected chi connectivity index (χ1v) is 6.64. The first-order chi connectivity index (χ1) is 9.56. The summed E-state index contributed by atoms with van der Waals surface area (Å²) >= 11 is 3.30. The summed E-state index contributed by atoms with van der Waals surface area (Å²) in [6, 6.07) is 7.03. The number of amides is 1. The van der Waals surface area contributed by atoms with E-state index in [1.165, 1.54) is 12.5 Å². The van der Waals surface area contributed by atoms with Crippen molar-refractivity contribution in [3.8, 4) is 0 Å². The molecule has 0 aliphatic heterocycles. The van der Waals surface area contributed by atoms with E-state index in [4.69, 9.17) is 5.11 Å². The highest BCUT2D eigenvalue weighted by atomic mass is 79.9. The number of hydrogen-bond acceptors (Lipinski definition) is 3. The standard InChI is InChI=1S/C13H12BrN3O3/c14-10-3-1-9(2-4-10)12(18)15-5-6-17-7-11(13(19)20)16-8-17/h1-4,7-8H,5-6H2,(H,15,18)(H,19,20). The Bertz CT molecular complexity index is 622. The number of benzene rings is 1. The number of carboxylic acid groups (broad SMARTS) is 1. The summed E-state index contributed by atoms with van der Waals surface area (Å²) in [6.07, 6.45) is 2.85. The van der Waals surface area contributed by atoms with Crippen molar-refractivity contribution in [3.05, 3.63) is 52.5 Å². The van der Waals surface area contributed by atoms with Crippen molar-refractivity contribution in [1.29, 1.82) is 0 Å². The third-order valence-corrected chi connectivity index (χ3v) is 3.14. The number of halogens is 1. The SMILES string of the molecule is O=C(NCCn1cnc(C(=O)O)c1)c1ccc(Br)cc1. The number of rotatable bonds is 5. The lowest BCUT2D eigenvalue weighted by molar-refractivity contribution is 0.0690. The van der Waals surface area contributed by atoms with Gasteiger partial charge in [-0.05, 0) is 24.3 Å². The van der Waals surface area contributed by atoms with Gasteiger partial charge >= 0.3 is 5.97 Å². The Balaban J connectivity index is 1.84. The van der Waals surface area contributed by atoms with E-state index in [2.05, 4.69) is 26.2 Å². The molecule has 0 saturated heterocycles. The summed E-state index contributed by atoms with van der Waals surface area (Å²) in [5.74, 6) is -1.24. The molecular formula is C13H12BrN3O3. The number of nitrogens with zero attached hydrogens (tertiary/aromatic N) is 2. The number of aromatic carboxylic acids is 1. The summed E-state index contributed by atoms with van der Waals surface area (Å²) in [6.45, 7) is 0.854. The van der Waals surface area contributed by atoms with Crippen molar-refractivity contribution in [2.24, 2.45) is 0 Å². The molecule has 0 aliphatic rings. The number of carbonyl (C=O) groups is 2.